The predicted octanol–water partition coefficient (Wildman–Crippen LogP) is 2.36. The van der Waals surface area contributed by atoms with Crippen LogP contribution >= 0.6 is 11.8 Å². The second-order valence-electron chi connectivity index (χ2n) is 5.97. The van der Waals surface area contributed by atoms with Crippen molar-refractivity contribution in [1.29, 1.82) is 0 Å². The number of thioether (sulfide) groups is 1. The highest BCUT2D eigenvalue weighted by atomic mass is 32.2. The fourth-order valence-corrected chi connectivity index (χ4v) is 3.77. The zero-order valence-electron chi connectivity index (χ0n) is 14.7. The van der Waals surface area contributed by atoms with Crippen LogP contribution in [0.4, 0.5) is 4.79 Å². The van der Waals surface area contributed by atoms with Crippen molar-refractivity contribution in [2.75, 3.05) is 33.9 Å². The van der Waals surface area contributed by atoms with Crippen molar-refractivity contribution in [1.82, 2.24) is 9.80 Å². The highest BCUT2D eigenvalue weighted by Gasteiger charge is 2.37. The Morgan fingerprint density at radius 2 is 1.85 bits per heavy atom. The minimum atomic E-state index is -0.442. The lowest BCUT2D eigenvalue weighted by atomic mass is 10.2. The Balaban J connectivity index is 1.75. The van der Waals surface area contributed by atoms with Crippen LogP contribution in [0.5, 0.6) is 11.5 Å². The average Bonchev–Trinajstić information content (AvgIpc) is 3.26. The van der Waals surface area contributed by atoms with E-state index in [2.05, 4.69) is 0 Å². The van der Waals surface area contributed by atoms with Crippen molar-refractivity contribution >= 4 is 34.9 Å². The number of hydrogen-bond donors (Lipinski definition) is 0. The monoisotopic (exact) mass is 376 g/mol. The van der Waals surface area contributed by atoms with Gasteiger partial charge in [0.15, 0.2) is 11.5 Å². The second-order valence-corrected chi connectivity index (χ2v) is 6.96. The number of rotatable bonds is 5. The molecule has 2 saturated heterocycles. The highest BCUT2D eigenvalue weighted by molar-refractivity contribution is 8.18. The number of nitrogens with zero attached hydrogens (tertiary/aromatic N) is 2. The summed E-state index contributed by atoms with van der Waals surface area (Å²) in [6.45, 7) is 1.18. The van der Waals surface area contributed by atoms with Crippen LogP contribution in [0, 0.1) is 0 Å². The van der Waals surface area contributed by atoms with E-state index in [0.717, 1.165) is 29.5 Å². The third kappa shape index (κ3) is 3.70. The molecular weight excluding hydrogens is 356 g/mol. The van der Waals surface area contributed by atoms with Crippen LogP contribution in [0.25, 0.3) is 6.08 Å². The van der Waals surface area contributed by atoms with Crippen LogP contribution in [0.1, 0.15) is 18.4 Å². The quantitative estimate of drug-likeness (QED) is 0.735. The van der Waals surface area contributed by atoms with Gasteiger partial charge in [0.2, 0.25) is 5.91 Å². The molecular formula is C18H20N2O5S. The van der Waals surface area contributed by atoms with Crippen LogP contribution in [0.2, 0.25) is 0 Å². The van der Waals surface area contributed by atoms with Gasteiger partial charge < -0.3 is 14.4 Å². The molecule has 0 spiro atoms. The molecule has 0 aromatic heterocycles. The third-order valence-electron chi connectivity index (χ3n) is 4.33. The molecule has 1 aromatic rings. The summed E-state index contributed by atoms with van der Waals surface area (Å²) in [6, 6.07) is 5.22. The Bertz CT molecular complexity index is 771. The normalized spacial score (nSPS) is 18.8. The lowest BCUT2D eigenvalue weighted by Crippen LogP contribution is -2.40. The fourth-order valence-electron chi connectivity index (χ4n) is 2.93. The van der Waals surface area contributed by atoms with E-state index in [4.69, 9.17) is 9.47 Å². The molecule has 2 aliphatic rings. The number of benzene rings is 1. The molecule has 8 heteroatoms. The van der Waals surface area contributed by atoms with Crippen molar-refractivity contribution in [3.8, 4) is 11.5 Å². The summed E-state index contributed by atoms with van der Waals surface area (Å²) in [6.07, 6.45) is 3.55. The van der Waals surface area contributed by atoms with Crippen molar-refractivity contribution in [2.45, 2.75) is 12.8 Å². The number of amides is 3. The van der Waals surface area contributed by atoms with Crippen molar-refractivity contribution in [3.05, 3.63) is 28.7 Å². The van der Waals surface area contributed by atoms with Gasteiger partial charge >= 0.3 is 0 Å². The summed E-state index contributed by atoms with van der Waals surface area (Å²) in [5.74, 6) is 0.484. The van der Waals surface area contributed by atoms with Gasteiger partial charge in [0, 0.05) is 13.1 Å². The minimum Gasteiger partial charge on any atom is -0.493 e. The molecule has 3 rings (SSSR count). The minimum absolute atomic E-state index is 0.183. The molecule has 0 unspecified atom stereocenters. The average molecular weight is 376 g/mol. The van der Waals surface area contributed by atoms with E-state index in [1.807, 2.05) is 0 Å². The van der Waals surface area contributed by atoms with E-state index >= 15 is 0 Å². The zero-order chi connectivity index (χ0) is 18.7. The molecule has 1 aromatic carbocycles. The van der Waals surface area contributed by atoms with Gasteiger partial charge in [0.1, 0.15) is 6.54 Å². The largest absolute Gasteiger partial charge is 0.493 e. The molecule has 0 bridgehead atoms. The van der Waals surface area contributed by atoms with E-state index in [9.17, 15) is 14.4 Å². The molecule has 0 atom stereocenters. The summed E-state index contributed by atoms with van der Waals surface area (Å²) >= 11 is 0.840. The summed E-state index contributed by atoms with van der Waals surface area (Å²) in [4.78, 5) is 39.9. The lowest BCUT2D eigenvalue weighted by Gasteiger charge is -2.18. The number of imide groups is 1. The Labute approximate surface area is 155 Å². The van der Waals surface area contributed by atoms with Gasteiger partial charge in [-0.3, -0.25) is 19.3 Å². The standard InChI is InChI=1S/C18H20N2O5S/c1-24-13-6-5-12(9-14(13)25-2)10-15-17(22)20(18(23)26-15)11-16(21)19-7-3-4-8-19/h5-6,9-10H,3-4,7-8,11H2,1-2H3/b15-10-. The first-order chi connectivity index (χ1) is 12.5. The summed E-state index contributed by atoms with van der Waals surface area (Å²) < 4.78 is 10.4. The molecule has 26 heavy (non-hydrogen) atoms. The molecule has 2 heterocycles. The first-order valence-corrected chi connectivity index (χ1v) is 9.10. The molecule has 0 saturated carbocycles. The van der Waals surface area contributed by atoms with Gasteiger partial charge in [-0.1, -0.05) is 6.07 Å². The second kappa shape index (κ2) is 7.82. The molecule has 2 aliphatic heterocycles. The van der Waals surface area contributed by atoms with Crippen LogP contribution in [0.3, 0.4) is 0 Å². The molecule has 138 valence electrons. The first-order valence-electron chi connectivity index (χ1n) is 8.28. The van der Waals surface area contributed by atoms with Gasteiger partial charge in [0.25, 0.3) is 11.1 Å². The van der Waals surface area contributed by atoms with Gasteiger partial charge in [-0.2, -0.15) is 0 Å². The maximum absolute atomic E-state index is 12.5. The fraction of sp³-hybridized carbons (Fsp3) is 0.389. The lowest BCUT2D eigenvalue weighted by molar-refractivity contribution is -0.135. The van der Waals surface area contributed by atoms with E-state index < -0.39 is 11.1 Å². The highest BCUT2D eigenvalue weighted by Crippen LogP contribution is 2.34. The van der Waals surface area contributed by atoms with Crippen molar-refractivity contribution in [3.63, 3.8) is 0 Å². The molecule has 3 amide bonds. The zero-order valence-corrected chi connectivity index (χ0v) is 15.5. The van der Waals surface area contributed by atoms with E-state index in [1.54, 1.807) is 36.3 Å². The Morgan fingerprint density at radius 3 is 2.50 bits per heavy atom. The SMILES string of the molecule is COc1ccc(/C=C2\SC(=O)N(CC(=O)N3CCCC3)C2=O)cc1OC. The number of likely N-dealkylation sites (tertiary alicyclic amines) is 1. The predicted molar refractivity (Wildman–Crippen MR) is 98.0 cm³/mol. The van der Waals surface area contributed by atoms with Crippen molar-refractivity contribution in [2.24, 2.45) is 0 Å². The van der Waals surface area contributed by atoms with Crippen LogP contribution < -0.4 is 9.47 Å². The summed E-state index contributed by atoms with van der Waals surface area (Å²) in [5, 5.41) is -0.422. The smallest absolute Gasteiger partial charge is 0.294 e. The Hall–Kier alpha value is -2.48. The first kappa shape index (κ1) is 18.3. The summed E-state index contributed by atoms with van der Waals surface area (Å²) in [7, 11) is 3.07. The molecule has 7 nitrogen and oxygen atoms in total. The molecule has 2 fully saturated rings. The maximum Gasteiger partial charge on any atom is 0.294 e. The van der Waals surface area contributed by atoms with Gasteiger partial charge in [-0.05, 0) is 48.4 Å². The van der Waals surface area contributed by atoms with Crippen molar-refractivity contribution < 1.29 is 23.9 Å². The number of carbonyl (C=O) groups excluding carboxylic acids is 3. The van der Waals surface area contributed by atoms with Crippen LogP contribution in [0.15, 0.2) is 23.1 Å². The topological polar surface area (TPSA) is 76.2 Å². The molecule has 0 aliphatic carbocycles. The van der Waals surface area contributed by atoms with Crippen LogP contribution in [-0.2, 0) is 9.59 Å². The van der Waals surface area contributed by atoms with Crippen LogP contribution in [-0.4, -0.2) is 60.7 Å². The summed E-state index contributed by atoms with van der Waals surface area (Å²) in [5.41, 5.74) is 0.707. The van der Waals surface area contributed by atoms with Gasteiger partial charge in [0.05, 0.1) is 19.1 Å². The maximum atomic E-state index is 12.5. The number of hydrogen-bond acceptors (Lipinski definition) is 6. The Kier molecular flexibility index (Phi) is 5.51. The third-order valence-corrected chi connectivity index (χ3v) is 5.24. The van der Waals surface area contributed by atoms with E-state index in [-0.39, 0.29) is 17.4 Å². The number of methoxy groups -OCH3 is 2. The Morgan fingerprint density at radius 1 is 1.15 bits per heavy atom. The number of ether oxygens (including phenoxy) is 2. The number of carbonyl (C=O) groups is 3. The van der Waals surface area contributed by atoms with E-state index in [1.165, 1.54) is 7.11 Å². The van der Waals surface area contributed by atoms with Gasteiger partial charge in [-0.15, -0.1) is 0 Å². The van der Waals surface area contributed by atoms with Gasteiger partial charge in [-0.25, -0.2) is 0 Å². The van der Waals surface area contributed by atoms with E-state index in [0.29, 0.717) is 30.2 Å². The molecule has 0 radical (unpaired) electrons. The molecule has 0 N–H and O–H groups in total.